The van der Waals surface area contributed by atoms with Gasteiger partial charge in [0.05, 0.1) is 4.92 Å². The molecule has 1 aromatic rings. The zero-order valence-electron chi connectivity index (χ0n) is 10.7. The summed E-state index contributed by atoms with van der Waals surface area (Å²) >= 11 is 0. The maximum atomic E-state index is 12.5. The van der Waals surface area contributed by atoms with Crippen molar-refractivity contribution in [3.05, 3.63) is 34.4 Å². The molecule has 1 aromatic carbocycles. The first kappa shape index (κ1) is 14.6. The summed E-state index contributed by atoms with van der Waals surface area (Å²) in [4.78, 5) is 10.0. The predicted octanol–water partition coefficient (Wildman–Crippen LogP) is 2.20. The van der Waals surface area contributed by atoms with Crippen LogP contribution >= 0.6 is 7.67 Å². The lowest BCUT2D eigenvalue weighted by Crippen LogP contribution is -2.24. The van der Waals surface area contributed by atoms with Gasteiger partial charge in [0, 0.05) is 12.1 Å². The van der Waals surface area contributed by atoms with Crippen molar-refractivity contribution in [1.82, 2.24) is 9.34 Å². The molecule has 0 aliphatic heterocycles. The molecular weight excluding hydrogens is 257 g/mol. The molecule has 18 heavy (non-hydrogen) atoms. The number of rotatable bonds is 5. The fourth-order valence-electron chi connectivity index (χ4n) is 1.29. The minimum absolute atomic E-state index is 0.0353. The topological polar surface area (TPSA) is 75.9 Å². The van der Waals surface area contributed by atoms with Crippen molar-refractivity contribution in [2.45, 2.75) is 0 Å². The smallest absolute Gasteiger partial charge is 0.394 e. The zero-order chi connectivity index (χ0) is 13.9. The van der Waals surface area contributed by atoms with Crippen LogP contribution in [0.5, 0.6) is 5.75 Å². The van der Waals surface area contributed by atoms with Gasteiger partial charge in [-0.2, -0.15) is 0 Å². The second kappa shape index (κ2) is 5.48. The average molecular weight is 273 g/mol. The SMILES string of the molecule is CN(C)P(=O)(Oc1ccc([N+](=O)[O-])cc1)N(C)C. The van der Waals surface area contributed by atoms with E-state index in [0.717, 1.165) is 0 Å². The van der Waals surface area contributed by atoms with E-state index < -0.39 is 12.6 Å². The minimum Gasteiger partial charge on any atom is -0.422 e. The Kier molecular flexibility index (Phi) is 4.45. The molecule has 0 aliphatic rings. The van der Waals surface area contributed by atoms with E-state index in [4.69, 9.17) is 4.52 Å². The molecule has 1 rings (SSSR count). The van der Waals surface area contributed by atoms with Crippen molar-refractivity contribution in [3.8, 4) is 5.75 Å². The molecule has 0 saturated heterocycles. The van der Waals surface area contributed by atoms with Gasteiger partial charge in [-0.05, 0) is 40.3 Å². The van der Waals surface area contributed by atoms with Crippen LogP contribution in [0.4, 0.5) is 5.69 Å². The molecular formula is C10H16N3O4P. The molecule has 0 radical (unpaired) electrons. The first-order valence-corrected chi connectivity index (χ1v) is 6.70. The van der Waals surface area contributed by atoms with Gasteiger partial charge in [0.15, 0.2) is 0 Å². The third kappa shape index (κ3) is 3.07. The van der Waals surface area contributed by atoms with Crippen molar-refractivity contribution < 1.29 is 14.0 Å². The highest BCUT2D eigenvalue weighted by atomic mass is 31.2. The first-order chi connectivity index (χ1) is 8.27. The van der Waals surface area contributed by atoms with Crippen LogP contribution in [0.25, 0.3) is 0 Å². The van der Waals surface area contributed by atoms with E-state index in [1.54, 1.807) is 28.2 Å². The van der Waals surface area contributed by atoms with E-state index in [1.807, 2.05) is 0 Å². The number of non-ortho nitro benzene ring substituents is 1. The molecule has 0 atom stereocenters. The maximum absolute atomic E-state index is 12.5. The monoisotopic (exact) mass is 273 g/mol. The average Bonchev–Trinajstić information content (AvgIpc) is 2.29. The molecule has 0 spiro atoms. The molecule has 7 nitrogen and oxygen atoms in total. The van der Waals surface area contributed by atoms with Crippen molar-refractivity contribution in [1.29, 1.82) is 0 Å². The molecule has 0 N–H and O–H groups in total. The van der Waals surface area contributed by atoms with E-state index in [1.165, 1.54) is 33.6 Å². The zero-order valence-corrected chi connectivity index (χ0v) is 11.6. The van der Waals surface area contributed by atoms with Crippen molar-refractivity contribution >= 4 is 13.4 Å². The summed E-state index contributed by atoms with van der Waals surface area (Å²) < 4.78 is 20.9. The van der Waals surface area contributed by atoms with E-state index >= 15 is 0 Å². The molecule has 0 amide bonds. The van der Waals surface area contributed by atoms with Gasteiger partial charge < -0.3 is 4.52 Å². The van der Waals surface area contributed by atoms with Gasteiger partial charge in [-0.25, -0.2) is 13.9 Å². The Hall–Kier alpha value is -1.43. The van der Waals surface area contributed by atoms with Crippen LogP contribution in [0.15, 0.2) is 24.3 Å². The minimum atomic E-state index is -3.13. The highest BCUT2D eigenvalue weighted by Gasteiger charge is 2.31. The molecule has 0 heterocycles. The van der Waals surface area contributed by atoms with Gasteiger partial charge in [0.1, 0.15) is 5.75 Å². The standard InChI is InChI=1S/C10H16N3O4P/c1-11(2)18(16,12(3)4)17-10-7-5-9(6-8-10)13(14)15/h5-8H,1-4H3. The highest BCUT2D eigenvalue weighted by molar-refractivity contribution is 7.54. The van der Waals surface area contributed by atoms with Gasteiger partial charge in [-0.15, -0.1) is 0 Å². The van der Waals surface area contributed by atoms with Crippen LogP contribution in [0, 0.1) is 10.1 Å². The molecule has 100 valence electrons. The maximum Gasteiger partial charge on any atom is 0.394 e. The lowest BCUT2D eigenvalue weighted by molar-refractivity contribution is -0.384. The Labute approximate surface area is 106 Å². The molecule has 0 bridgehead atoms. The van der Waals surface area contributed by atoms with Crippen LogP contribution in [0.3, 0.4) is 0 Å². The van der Waals surface area contributed by atoms with Gasteiger partial charge >= 0.3 is 7.67 Å². The molecule has 0 fully saturated rings. The number of nitro groups is 1. The van der Waals surface area contributed by atoms with Crippen LogP contribution < -0.4 is 4.52 Å². The third-order valence-corrected chi connectivity index (χ3v) is 4.75. The van der Waals surface area contributed by atoms with E-state index in [-0.39, 0.29) is 5.69 Å². The summed E-state index contributed by atoms with van der Waals surface area (Å²) in [6.07, 6.45) is 0. The van der Waals surface area contributed by atoms with Crippen molar-refractivity contribution in [2.24, 2.45) is 0 Å². The number of nitrogens with zero attached hydrogens (tertiary/aromatic N) is 3. The van der Waals surface area contributed by atoms with Gasteiger partial charge in [-0.3, -0.25) is 10.1 Å². The third-order valence-electron chi connectivity index (χ3n) is 2.28. The molecule has 0 unspecified atom stereocenters. The Morgan fingerprint density at radius 1 is 1.11 bits per heavy atom. The molecule has 8 heteroatoms. The number of benzene rings is 1. The normalized spacial score (nSPS) is 11.9. The Morgan fingerprint density at radius 3 is 1.89 bits per heavy atom. The van der Waals surface area contributed by atoms with Gasteiger partial charge in [0.2, 0.25) is 0 Å². The van der Waals surface area contributed by atoms with Gasteiger partial charge in [0.25, 0.3) is 5.69 Å². The number of nitro benzene ring substituents is 1. The molecule has 0 aliphatic carbocycles. The van der Waals surface area contributed by atoms with E-state index in [2.05, 4.69) is 0 Å². The fourth-order valence-corrected chi connectivity index (χ4v) is 2.73. The van der Waals surface area contributed by atoms with Crippen LogP contribution in [0.2, 0.25) is 0 Å². The summed E-state index contributed by atoms with van der Waals surface area (Å²) in [5.41, 5.74) is -0.0353. The van der Waals surface area contributed by atoms with E-state index in [9.17, 15) is 14.7 Å². The second-order valence-corrected chi connectivity index (χ2v) is 6.79. The fraction of sp³-hybridized carbons (Fsp3) is 0.400. The summed E-state index contributed by atoms with van der Waals surface area (Å²) in [6.45, 7) is 0. The summed E-state index contributed by atoms with van der Waals surface area (Å²) in [6, 6.07) is 5.48. The Balaban J connectivity index is 2.96. The second-order valence-electron chi connectivity index (χ2n) is 4.03. The summed E-state index contributed by atoms with van der Waals surface area (Å²) in [7, 11) is 3.45. The molecule has 0 saturated carbocycles. The summed E-state index contributed by atoms with van der Waals surface area (Å²) in [5, 5.41) is 10.5. The number of hydrogen-bond acceptors (Lipinski definition) is 4. The molecule has 0 aromatic heterocycles. The Morgan fingerprint density at radius 2 is 1.56 bits per heavy atom. The van der Waals surface area contributed by atoms with Gasteiger partial charge in [-0.1, -0.05) is 0 Å². The van der Waals surface area contributed by atoms with Crippen molar-refractivity contribution in [3.63, 3.8) is 0 Å². The quantitative estimate of drug-likeness (QED) is 0.465. The Bertz CT molecular complexity index is 461. The largest absolute Gasteiger partial charge is 0.422 e. The van der Waals surface area contributed by atoms with Crippen molar-refractivity contribution in [2.75, 3.05) is 28.2 Å². The number of hydrogen-bond donors (Lipinski definition) is 0. The summed E-state index contributed by atoms with van der Waals surface area (Å²) in [5.74, 6) is 0.325. The van der Waals surface area contributed by atoms with Crippen LogP contribution in [0.1, 0.15) is 0 Å². The lowest BCUT2D eigenvalue weighted by Gasteiger charge is -2.29. The first-order valence-electron chi connectivity index (χ1n) is 5.17. The van der Waals surface area contributed by atoms with Crippen LogP contribution in [-0.4, -0.2) is 42.5 Å². The van der Waals surface area contributed by atoms with Crippen LogP contribution in [-0.2, 0) is 4.57 Å². The predicted molar refractivity (Wildman–Crippen MR) is 68.7 cm³/mol. The lowest BCUT2D eigenvalue weighted by atomic mass is 10.3. The highest BCUT2D eigenvalue weighted by Crippen LogP contribution is 2.50. The van der Waals surface area contributed by atoms with E-state index in [0.29, 0.717) is 5.75 Å².